The molecule has 0 aliphatic carbocycles. The van der Waals surface area contributed by atoms with Gasteiger partial charge in [-0.05, 0) is 32.0 Å². The molecule has 0 spiro atoms. The molecule has 1 aromatic carbocycles. The van der Waals surface area contributed by atoms with E-state index in [0.29, 0.717) is 11.6 Å². The Morgan fingerprint density at radius 3 is 2.89 bits per heavy atom. The molecule has 1 unspecified atom stereocenters. The maximum atomic E-state index is 12.0. The van der Waals surface area contributed by atoms with Crippen molar-refractivity contribution in [2.45, 2.75) is 25.4 Å². The lowest BCUT2D eigenvalue weighted by molar-refractivity contribution is -0.125. The Labute approximate surface area is 112 Å². The molecule has 1 fully saturated rings. The van der Waals surface area contributed by atoms with Crippen molar-refractivity contribution >= 4 is 23.2 Å². The Hall–Kier alpha value is -1.26. The summed E-state index contributed by atoms with van der Waals surface area (Å²) in [6.07, 6.45) is 0. The molecule has 18 heavy (non-hydrogen) atoms. The van der Waals surface area contributed by atoms with Gasteiger partial charge in [-0.2, -0.15) is 0 Å². The topological polar surface area (TPSA) is 58.4 Å². The minimum atomic E-state index is -0.337. The quantitative estimate of drug-likeness (QED) is 0.851. The fourth-order valence-corrected chi connectivity index (χ4v) is 2.48. The normalized spacial score (nSPS) is 22.8. The van der Waals surface area contributed by atoms with E-state index in [1.54, 1.807) is 0 Å². The van der Waals surface area contributed by atoms with Crippen LogP contribution in [0.5, 0.6) is 0 Å². The van der Waals surface area contributed by atoms with E-state index < -0.39 is 0 Å². The van der Waals surface area contributed by atoms with Crippen molar-refractivity contribution < 1.29 is 4.79 Å². The Bertz CT molecular complexity index is 461. The van der Waals surface area contributed by atoms with Crippen LogP contribution in [0.15, 0.2) is 24.3 Å². The second-order valence-electron chi connectivity index (χ2n) is 5.23. The number of hydrogen-bond donors (Lipinski definition) is 2. The third kappa shape index (κ3) is 2.60. The molecule has 0 aromatic heterocycles. The summed E-state index contributed by atoms with van der Waals surface area (Å²) in [6, 6.07) is 7.17. The first-order chi connectivity index (χ1) is 8.43. The monoisotopic (exact) mass is 267 g/mol. The average Bonchev–Trinajstić information content (AvgIpc) is 2.27. The number of nitrogens with two attached hydrogens (primary N) is 1. The Morgan fingerprint density at radius 1 is 1.56 bits per heavy atom. The molecule has 1 aliphatic heterocycles. The molecule has 1 atom stereocenters. The van der Waals surface area contributed by atoms with E-state index in [-0.39, 0.29) is 24.0 Å². The second kappa shape index (κ2) is 4.78. The molecule has 1 amide bonds. The number of anilines is 1. The molecular weight excluding hydrogens is 250 g/mol. The first-order valence-corrected chi connectivity index (χ1v) is 6.35. The Kier molecular flexibility index (Phi) is 3.50. The summed E-state index contributed by atoms with van der Waals surface area (Å²) in [6.45, 7) is 4.99. The molecule has 1 aromatic rings. The van der Waals surface area contributed by atoms with E-state index >= 15 is 0 Å². The van der Waals surface area contributed by atoms with Gasteiger partial charge in [0.05, 0.1) is 5.54 Å². The van der Waals surface area contributed by atoms with Gasteiger partial charge in [-0.3, -0.25) is 4.79 Å². The van der Waals surface area contributed by atoms with Crippen molar-refractivity contribution in [3.8, 4) is 0 Å². The molecule has 98 valence electrons. The first kappa shape index (κ1) is 13.2. The third-order valence-corrected chi connectivity index (χ3v) is 3.30. The molecule has 5 heteroatoms. The third-order valence-electron chi connectivity index (χ3n) is 3.07. The maximum absolute atomic E-state index is 12.0. The fraction of sp³-hybridized carbons (Fsp3) is 0.462. The number of carbonyl (C=O) groups is 1. The van der Waals surface area contributed by atoms with Crippen LogP contribution in [-0.4, -0.2) is 30.6 Å². The van der Waals surface area contributed by atoms with Crippen LogP contribution in [0, 0.1) is 0 Å². The summed E-state index contributed by atoms with van der Waals surface area (Å²) < 4.78 is 0. The SMILES string of the molecule is CC1(C)CN(c2cccc(Cl)c2)C(CN)C(=O)N1. The van der Waals surface area contributed by atoms with Gasteiger partial charge < -0.3 is 16.0 Å². The molecule has 1 aliphatic rings. The highest BCUT2D eigenvalue weighted by atomic mass is 35.5. The summed E-state index contributed by atoms with van der Waals surface area (Å²) >= 11 is 6.00. The first-order valence-electron chi connectivity index (χ1n) is 5.97. The molecule has 0 saturated carbocycles. The van der Waals surface area contributed by atoms with Gasteiger partial charge in [0.2, 0.25) is 5.91 Å². The zero-order valence-corrected chi connectivity index (χ0v) is 11.4. The second-order valence-corrected chi connectivity index (χ2v) is 5.67. The Morgan fingerprint density at radius 2 is 2.28 bits per heavy atom. The highest BCUT2D eigenvalue weighted by Crippen LogP contribution is 2.26. The van der Waals surface area contributed by atoms with Crippen molar-refractivity contribution in [1.29, 1.82) is 0 Å². The van der Waals surface area contributed by atoms with Gasteiger partial charge in [0.25, 0.3) is 0 Å². The van der Waals surface area contributed by atoms with Crippen LogP contribution in [0.3, 0.4) is 0 Å². The molecule has 4 nitrogen and oxygen atoms in total. The van der Waals surface area contributed by atoms with Crippen LogP contribution in [0.2, 0.25) is 5.02 Å². The van der Waals surface area contributed by atoms with Gasteiger partial charge in [0.15, 0.2) is 0 Å². The lowest BCUT2D eigenvalue weighted by Gasteiger charge is -2.44. The number of nitrogens with one attached hydrogen (secondary N) is 1. The van der Waals surface area contributed by atoms with Gasteiger partial charge in [-0.15, -0.1) is 0 Å². The minimum absolute atomic E-state index is 0.0336. The van der Waals surface area contributed by atoms with Crippen LogP contribution in [0.4, 0.5) is 5.69 Å². The molecule has 0 radical (unpaired) electrons. The van der Waals surface area contributed by atoms with Gasteiger partial charge in [0, 0.05) is 23.8 Å². The number of benzene rings is 1. The van der Waals surface area contributed by atoms with Crippen molar-refractivity contribution in [3.63, 3.8) is 0 Å². The number of carbonyl (C=O) groups excluding carboxylic acids is 1. The zero-order valence-electron chi connectivity index (χ0n) is 10.6. The summed E-state index contributed by atoms with van der Waals surface area (Å²) in [5.41, 5.74) is 6.37. The van der Waals surface area contributed by atoms with Crippen LogP contribution < -0.4 is 16.0 Å². The lowest BCUT2D eigenvalue weighted by Crippen LogP contribution is -2.66. The van der Waals surface area contributed by atoms with E-state index in [9.17, 15) is 4.79 Å². The highest BCUT2D eigenvalue weighted by Gasteiger charge is 2.37. The number of hydrogen-bond acceptors (Lipinski definition) is 3. The molecule has 0 bridgehead atoms. The summed E-state index contributed by atoms with van der Waals surface area (Å²) in [5.74, 6) is -0.0336. The van der Waals surface area contributed by atoms with Gasteiger partial charge >= 0.3 is 0 Å². The van der Waals surface area contributed by atoms with Crippen molar-refractivity contribution in [2.24, 2.45) is 5.73 Å². The van der Waals surface area contributed by atoms with Gasteiger partial charge in [-0.1, -0.05) is 17.7 Å². The minimum Gasteiger partial charge on any atom is -0.356 e. The fourth-order valence-electron chi connectivity index (χ4n) is 2.29. The van der Waals surface area contributed by atoms with Crippen molar-refractivity contribution in [1.82, 2.24) is 5.32 Å². The number of nitrogens with zero attached hydrogens (tertiary/aromatic N) is 1. The van der Waals surface area contributed by atoms with Crippen molar-refractivity contribution in [3.05, 3.63) is 29.3 Å². The largest absolute Gasteiger partial charge is 0.356 e. The Balaban J connectivity index is 2.36. The number of amides is 1. The van der Waals surface area contributed by atoms with Crippen LogP contribution >= 0.6 is 11.6 Å². The van der Waals surface area contributed by atoms with Gasteiger partial charge in [0.1, 0.15) is 6.04 Å². The number of halogens is 1. The molecule has 1 heterocycles. The van der Waals surface area contributed by atoms with E-state index in [1.807, 2.05) is 43.0 Å². The lowest BCUT2D eigenvalue weighted by atomic mass is 9.97. The zero-order chi connectivity index (χ0) is 13.3. The summed E-state index contributed by atoms with van der Waals surface area (Å²) in [7, 11) is 0. The van der Waals surface area contributed by atoms with Crippen LogP contribution in [0.25, 0.3) is 0 Å². The molecular formula is C13H18ClN3O. The van der Waals surface area contributed by atoms with E-state index in [0.717, 1.165) is 5.69 Å². The van der Waals surface area contributed by atoms with Crippen molar-refractivity contribution in [2.75, 3.05) is 18.0 Å². The number of piperazine rings is 1. The van der Waals surface area contributed by atoms with E-state index in [4.69, 9.17) is 17.3 Å². The standard InChI is InChI=1S/C13H18ClN3O/c1-13(2)8-17(11(7-15)12(18)16-13)10-5-3-4-9(14)6-10/h3-6,11H,7-8,15H2,1-2H3,(H,16,18). The van der Waals surface area contributed by atoms with Crippen LogP contribution in [0.1, 0.15) is 13.8 Å². The molecule has 2 rings (SSSR count). The molecule has 1 saturated heterocycles. The highest BCUT2D eigenvalue weighted by molar-refractivity contribution is 6.30. The average molecular weight is 268 g/mol. The predicted molar refractivity (Wildman–Crippen MR) is 73.9 cm³/mol. The van der Waals surface area contributed by atoms with E-state index in [2.05, 4.69) is 5.32 Å². The van der Waals surface area contributed by atoms with E-state index in [1.165, 1.54) is 0 Å². The van der Waals surface area contributed by atoms with Gasteiger partial charge in [-0.25, -0.2) is 0 Å². The maximum Gasteiger partial charge on any atom is 0.244 e. The smallest absolute Gasteiger partial charge is 0.244 e. The van der Waals surface area contributed by atoms with Crippen LogP contribution in [-0.2, 0) is 4.79 Å². The summed E-state index contributed by atoms with van der Waals surface area (Å²) in [4.78, 5) is 14.1. The summed E-state index contributed by atoms with van der Waals surface area (Å²) in [5, 5.41) is 3.64. The predicted octanol–water partition coefficient (Wildman–Crippen LogP) is 1.38. The molecule has 3 N–H and O–H groups in total. The number of rotatable bonds is 2.